The quantitative estimate of drug-likeness (QED) is 0.640. The summed E-state index contributed by atoms with van der Waals surface area (Å²) in [7, 11) is 0. The molecule has 1 aliphatic heterocycles. The summed E-state index contributed by atoms with van der Waals surface area (Å²) in [5, 5.41) is 9.83. The number of benzene rings is 1. The Morgan fingerprint density at radius 1 is 1.19 bits per heavy atom. The van der Waals surface area contributed by atoms with Crippen molar-refractivity contribution in [1.29, 1.82) is 0 Å². The van der Waals surface area contributed by atoms with Crippen LogP contribution in [0.2, 0.25) is 0 Å². The van der Waals surface area contributed by atoms with Crippen LogP contribution in [0.15, 0.2) is 24.3 Å². The highest BCUT2D eigenvalue weighted by Gasteiger charge is 2.51. The molecule has 3 unspecified atom stereocenters. The van der Waals surface area contributed by atoms with E-state index >= 15 is 0 Å². The van der Waals surface area contributed by atoms with Gasteiger partial charge in [-0.2, -0.15) is 16.9 Å². The number of nitrogens with one attached hydrogen (secondary N) is 2. The Hall–Kier alpha value is -2.68. The van der Waals surface area contributed by atoms with Gasteiger partial charge < -0.3 is 5.32 Å². The first-order valence-electron chi connectivity index (χ1n) is 10.7. The van der Waals surface area contributed by atoms with Crippen LogP contribution in [0.25, 0.3) is 11.4 Å². The molecule has 1 saturated heterocycles. The minimum absolute atomic E-state index is 0.175. The van der Waals surface area contributed by atoms with E-state index in [1.807, 2.05) is 25.3 Å². The van der Waals surface area contributed by atoms with Crippen molar-refractivity contribution < 1.29 is 14.4 Å². The highest BCUT2D eigenvalue weighted by molar-refractivity contribution is 7.98. The number of H-pyrrole nitrogens is 1. The lowest BCUT2D eigenvalue weighted by Gasteiger charge is -2.26. The minimum Gasteiger partial charge on any atom is -0.324 e. The zero-order valence-electron chi connectivity index (χ0n) is 17.8. The van der Waals surface area contributed by atoms with Crippen molar-refractivity contribution in [1.82, 2.24) is 20.1 Å². The number of anilines is 1. The van der Waals surface area contributed by atoms with E-state index in [0.717, 1.165) is 37.1 Å². The molecule has 164 valence electrons. The molecular weight excluding hydrogens is 414 g/mol. The number of nitrogens with zero attached hydrogens (tertiary/aromatic N) is 3. The van der Waals surface area contributed by atoms with Crippen molar-refractivity contribution in [2.24, 2.45) is 11.8 Å². The Morgan fingerprint density at radius 3 is 2.39 bits per heavy atom. The average Bonchev–Trinajstić information content (AvgIpc) is 3.32. The first-order chi connectivity index (χ1) is 15.0. The summed E-state index contributed by atoms with van der Waals surface area (Å²) in [6, 6.07) is 6.43. The van der Waals surface area contributed by atoms with Crippen LogP contribution in [-0.2, 0) is 14.4 Å². The number of amides is 3. The maximum absolute atomic E-state index is 13.2. The van der Waals surface area contributed by atoms with E-state index in [1.165, 1.54) is 4.90 Å². The Bertz CT molecular complexity index is 950. The Balaban J connectivity index is 1.50. The van der Waals surface area contributed by atoms with E-state index in [1.54, 1.807) is 23.9 Å². The number of carbonyl (C=O) groups excluding carboxylic acids is 3. The molecule has 9 heteroatoms. The van der Waals surface area contributed by atoms with Gasteiger partial charge in [-0.3, -0.25) is 24.4 Å². The molecule has 1 aromatic carbocycles. The average molecular weight is 442 g/mol. The second kappa shape index (κ2) is 9.21. The summed E-state index contributed by atoms with van der Waals surface area (Å²) >= 11 is 1.60. The highest BCUT2D eigenvalue weighted by Crippen LogP contribution is 2.39. The number of aryl methyl sites for hydroxylation is 1. The van der Waals surface area contributed by atoms with Crippen molar-refractivity contribution in [3.8, 4) is 11.4 Å². The Kier molecular flexibility index (Phi) is 6.41. The molecule has 3 amide bonds. The van der Waals surface area contributed by atoms with Crippen LogP contribution in [0.3, 0.4) is 0 Å². The zero-order valence-corrected chi connectivity index (χ0v) is 18.6. The lowest BCUT2D eigenvalue weighted by Crippen LogP contribution is -2.48. The van der Waals surface area contributed by atoms with Crippen molar-refractivity contribution >= 4 is 35.2 Å². The van der Waals surface area contributed by atoms with Crippen molar-refractivity contribution in [2.75, 3.05) is 17.3 Å². The topological polar surface area (TPSA) is 108 Å². The summed E-state index contributed by atoms with van der Waals surface area (Å²) in [5.41, 5.74) is 1.43. The maximum Gasteiger partial charge on any atom is 0.247 e. The van der Waals surface area contributed by atoms with Gasteiger partial charge in [0.1, 0.15) is 11.9 Å². The van der Waals surface area contributed by atoms with Gasteiger partial charge in [-0.25, -0.2) is 4.98 Å². The lowest BCUT2D eigenvalue weighted by atomic mass is 9.81. The fourth-order valence-electron chi connectivity index (χ4n) is 4.50. The van der Waals surface area contributed by atoms with E-state index in [0.29, 0.717) is 23.7 Å². The molecule has 1 aromatic heterocycles. The standard InChI is InChI=1S/C22H27N5O3S/c1-13-23-19(26-25-13)14-7-9-15(10-8-14)24-20(28)18(11-12-31-2)27-21(29)16-5-3-4-6-17(16)22(27)30/h7-10,16-18H,3-6,11-12H2,1-2H3,(H,24,28)(H,23,25,26). The van der Waals surface area contributed by atoms with Crippen LogP contribution in [0.4, 0.5) is 5.69 Å². The van der Waals surface area contributed by atoms with Gasteiger partial charge in [0, 0.05) is 11.3 Å². The Labute approximate surface area is 185 Å². The number of rotatable bonds is 7. The number of thioether (sulfide) groups is 1. The summed E-state index contributed by atoms with van der Waals surface area (Å²) in [5.74, 6) is 0.819. The van der Waals surface area contributed by atoms with Gasteiger partial charge in [0.05, 0.1) is 11.8 Å². The zero-order chi connectivity index (χ0) is 22.0. The number of imide groups is 1. The van der Waals surface area contributed by atoms with E-state index in [4.69, 9.17) is 0 Å². The van der Waals surface area contributed by atoms with Crippen LogP contribution in [0.5, 0.6) is 0 Å². The molecule has 4 rings (SSSR count). The molecule has 2 fully saturated rings. The molecule has 31 heavy (non-hydrogen) atoms. The van der Waals surface area contributed by atoms with Crippen LogP contribution in [0, 0.1) is 18.8 Å². The van der Waals surface area contributed by atoms with Crippen LogP contribution in [0.1, 0.15) is 37.9 Å². The molecule has 2 aromatic rings. The molecule has 0 spiro atoms. The molecule has 0 radical (unpaired) electrons. The molecule has 2 heterocycles. The second-order valence-corrected chi connectivity index (χ2v) is 9.14. The molecule has 8 nitrogen and oxygen atoms in total. The third-order valence-electron chi connectivity index (χ3n) is 6.09. The van der Waals surface area contributed by atoms with Gasteiger partial charge in [-0.15, -0.1) is 0 Å². The summed E-state index contributed by atoms with van der Waals surface area (Å²) in [6.07, 6.45) is 5.80. The first kappa shape index (κ1) is 21.5. The number of carbonyl (C=O) groups is 3. The fourth-order valence-corrected chi connectivity index (χ4v) is 4.96. The third-order valence-corrected chi connectivity index (χ3v) is 6.74. The predicted molar refractivity (Wildman–Crippen MR) is 119 cm³/mol. The van der Waals surface area contributed by atoms with Crippen LogP contribution in [-0.4, -0.2) is 55.9 Å². The van der Waals surface area contributed by atoms with Gasteiger partial charge in [0.25, 0.3) is 0 Å². The second-order valence-electron chi connectivity index (χ2n) is 8.15. The summed E-state index contributed by atoms with van der Waals surface area (Å²) in [6.45, 7) is 1.83. The van der Waals surface area contributed by atoms with Crippen LogP contribution < -0.4 is 5.32 Å². The van der Waals surface area contributed by atoms with E-state index in [9.17, 15) is 14.4 Å². The van der Waals surface area contributed by atoms with E-state index < -0.39 is 6.04 Å². The Morgan fingerprint density at radius 2 is 1.84 bits per heavy atom. The minimum atomic E-state index is -0.784. The van der Waals surface area contributed by atoms with Gasteiger partial charge in [0.15, 0.2) is 5.82 Å². The molecule has 3 atom stereocenters. The highest BCUT2D eigenvalue weighted by atomic mass is 32.2. The van der Waals surface area contributed by atoms with Gasteiger partial charge in [-0.05, 0) is 62.5 Å². The first-order valence-corrected chi connectivity index (χ1v) is 12.0. The number of hydrogen-bond acceptors (Lipinski definition) is 6. The van der Waals surface area contributed by atoms with Crippen molar-refractivity contribution in [3.05, 3.63) is 30.1 Å². The van der Waals surface area contributed by atoms with Gasteiger partial charge >= 0.3 is 0 Å². The van der Waals surface area contributed by atoms with Crippen molar-refractivity contribution in [2.45, 2.75) is 45.1 Å². The third kappa shape index (κ3) is 4.37. The van der Waals surface area contributed by atoms with Crippen LogP contribution >= 0.6 is 11.8 Å². The van der Waals surface area contributed by atoms with Gasteiger partial charge in [0.2, 0.25) is 17.7 Å². The van der Waals surface area contributed by atoms with E-state index in [-0.39, 0.29) is 29.6 Å². The molecule has 1 saturated carbocycles. The maximum atomic E-state index is 13.2. The normalized spacial score (nSPS) is 21.8. The number of likely N-dealkylation sites (tertiary alicyclic amines) is 1. The van der Waals surface area contributed by atoms with E-state index in [2.05, 4.69) is 20.5 Å². The number of aromatic nitrogens is 3. The number of aromatic amines is 1. The molecule has 0 bridgehead atoms. The van der Waals surface area contributed by atoms with Gasteiger partial charge in [-0.1, -0.05) is 12.8 Å². The monoisotopic (exact) mass is 441 g/mol. The molecule has 1 aliphatic carbocycles. The molecular formula is C22H27N5O3S. The SMILES string of the molecule is CSCCC(C(=O)Nc1ccc(-c2n[nH]c(C)n2)cc1)N1C(=O)C2CCCCC2C1=O. The summed E-state index contributed by atoms with van der Waals surface area (Å²) in [4.78, 5) is 44.8. The number of hydrogen-bond donors (Lipinski definition) is 2. The van der Waals surface area contributed by atoms with Crippen molar-refractivity contribution in [3.63, 3.8) is 0 Å². The smallest absolute Gasteiger partial charge is 0.247 e. The lowest BCUT2D eigenvalue weighted by molar-refractivity contribution is -0.146. The predicted octanol–water partition coefficient (Wildman–Crippen LogP) is 3.02. The number of fused-ring (bicyclic) bond motifs is 1. The molecule has 2 N–H and O–H groups in total. The fraction of sp³-hybridized carbons (Fsp3) is 0.500. The largest absolute Gasteiger partial charge is 0.324 e. The molecule has 2 aliphatic rings. The summed E-state index contributed by atoms with van der Waals surface area (Å²) < 4.78 is 0.